The van der Waals surface area contributed by atoms with Crippen molar-refractivity contribution in [3.05, 3.63) is 30.3 Å². The maximum atomic E-state index is 13.4. The molecular formula is C22H32N2O4. The molecule has 0 aromatic heterocycles. The van der Waals surface area contributed by atoms with E-state index in [4.69, 9.17) is 9.47 Å². The fourth-order valence-electron chi connectivity index (χ4n) is 4.33. The molecule has 2 fully saturated rings. The Morgan fingerprint density at radius 3 is 2.57 bits per heavy atom. The molecule has 1 aromatic rings. The summed E-state index contributed by atoms with van der Waals surface area (Å²) in [5.41, 5.74) is -0.370. The molecule has 0 unspecified atom stereocenters. The van der Waals surface area contributed by atoms with Crippen LogP contribution in [-0.4, -0.2) is 55.7 Å². The van der Waals surface area contributed by atoms with Crippen LogP contribution in [0.2, 0.25) is 0 Å². The minimum Gasteiger partial charge on any atom is -0.488 e. The topological polar surface area (TPSA) is 67.9 Å². The molecule has 1 saturated carbocycles. The number of nitrogens with zero attached hydrogens (tertiary/aromatic N) is 1. The summed E-state index contributed by atoms with van der Waals surface area (Å²) in [5.74, 6) is 0.742. The summed E-state index contributed by atoms with van der Waals surface area (Å²) in [6, 6.07) is 9.10. The highest BCUT2D eigenvalue weighted by atomic mass is 16.5. The molecule has 6 heteroatoms. The number of benzene rings is 1. The van der Waals surface area contributed by atoms with Gasteiger partial charge in [0.1, 0.15) is 17.9 Å². The van der Waals surface area contributed by atoms with Crippen LogP contribution < -0.4 is 10.1 Å². The Morgan fingerprint density at radius 1 is 1.18 bits per heavy atom. The lowest BCUT2D eigenvalue weighted by atomic mass is 9.74. The fraction of sp³-hybridized carbons (Fsp3) is 0.636. The molecule has 1 N–H and O–H groups in total. The minimum absolute atomic E-state index is 0.0956. The number of para-hydroxylation sites is 1. The van der Waals surface area contributed by atoms with E-state index in [1.165, 1.54) is 6.42 Å². The van der Waals surface area contributed by atoms with Crippen molar-refractivity contribution in [1.82, 2.24) is 10.2 Å². The van der Waals surface area contributed by atoms with Gasteiger partial charge in [-0.25, -0.2) is 0 Å². The standard InChI is InChI=1S/C22H32N2O4/c1-22(11-7-4-8-12-22)21(26)24-16-18(28-17-9-5-3-6-10-17)15-19(24)20(25)23-13-14-27-2/h3,5-6,9-10,18-19H,4,7-8,11-16H2,1-2H3,(H,23,25)/t18-,19-/m0/s1. The number of methoxy groups -OCH3 is 1. The lowest BCUT2D eigenvalue weighted by molar-refractivity contribution is -0.147. The second-order valence-electron chi connectivity index (χ2n) is 8.17. The first kappa shape index (κ1) is 20.6. The van der Waals surface area contributed by atoms with Crippen LogP contribution >= 0.6 is 0 Å². The van der Waals surface area contributed by atoms with Gasteiger partial charge in [-0.15, -0.1) is 0 Å². The molecule has 2 amide bonds. The number of hydrogen-bond donors (Lipinski definition) is 1. The Morgan fingerprint density at radius 2 is 1.89 bits per heavy atom. The molecule has 0 radical (unpaired) electrons. The van der Waals surface area contributed by atoms with Crippen LogP contribution in [0.1, 0.15) is 45.4 Å². The first-order chi connectivity index (χ1) is 13.5. The minimum atomic E-state index is -0.489. The van der Waals surface area contributed by atoms with E-state index in [1.54, 1.807) is 12.0 Å². The highest BCUT2D eigenvalue weighted by molar-refractivity contribution is 5.90. The number of hydrogen-bond acceptors (Lipinski definition) is 4. The summed E-state index contributed by atoms with van der Waals surface area (Å²) < 4.78 is 11.1. The average Bonchev–Trinajstić information content (AvgIpc) is 3.12. The van der Waals surface area contributed by atoms with E-state index >= 15 is 0 Å². The Labute approximate surface area is 167 Å². The zero-order valence-corrected chi connectivity index (χ0v) is 17.0. The van der Waals surface area contributed by atoms with Gasteiger partial charge in [0.05, 0.1) is 13.2 Å². The van der Waals surface area contributed by atoms with Crippen LogP contribution in [-0.2, 0) is 14.3 Å². The second kappa shape index (κ2) is 9.41. The average molecular weight is 389 g/mol. The quantitative estimate of drug-likeness (QED) is 0.730. The molecule has 2 atom stereocenters. The highest BCUT2D eigenvalue weighted by Crippen LogP contribution is 2.39. The van der Waals surface area contributed by atoms with Crippen molar-refractivity contribution in [1.29, 1.82) is 0 Å². The predicted molar refractivity (Wildman–Crippen MR) is 107 cm³/mol. The van der Waals surface area contributed by atoms with Crippen molar-refractivity contribution in [2.75, 3.05) is 26.8 Å². The zero-order valence-electron chi connectivity index (χ0n) is 17.0. The van der Waals surface area contributed by atoms with E-state index in [0.29, 0.717) is 26.1 Å². The van der Waals surface area contributed by atoms with E-state index in [0.717, 1.165) is 31.4 Å². The summed E-state index contributed by atoms with van der Waals surface area (Å²) in [5, 5.41) is 2.90. The Bertz CT molecular complexity index is 658. The normalized spacial score (nSPS) is 24.0. The molecule has 1 aliphatic carbocycles. The zero-order chi connectivity index (χ0) is 20.0. The molecule has 1 saturated heterocycles. The number of carbonyl (C=O) groups excluding carboxylic acids is 2. The summed E-state index contributed by atoms with van der Waals surface area (Å²) in [6.45, 7) is 3.40. The third kappa shape index (κ3) is 4.85. The van der Waals surface area contributed by atoms with Crippen LogP contribution in [0.5, 0.6) is 5.75 Å². The van der Waals surface area contributed by atoms with Crippen molar-refractivity contribution in [3.63, 3.8) is 0 Å². The number of rotatable bonds is 7. The smallest absolute Gasteiger partial charge is 0.243 e. The molecule has 1 heterocycles. The maximum absolute atomic E-state index is 13.4. The van der Waals surface area contributed by atoms with Gasteiger partial charge in [0.25, 0.3) is 0 Å². The molecule has 6 nitrogen and oxygen atoms in total. The van der Waals surface area contributed by atoms with Gasteiger partial charge in [0.15, 0.2) is 0 Å². The number of amides is 2. The van der Waals surface area contributed by atoms with Gasteiger partial charge in [0, 0.05) is 25.5 Å². The van der Waals surface area contributed by atoms with E-state index in [1.807, 2.05) is 30.3 Å². The highest BCUT2D eigenvalue weighted by Gasteiger charge is 2.46. The van der Waals surface area contributed by atoms with Gasteiger partial charge in [-0.3, -0.25) is 9.59 Å². The fourth-order valence-corrected chi connectivity index (χ4v) is 4.33. The van der Waals surface area contributed by atoms with Crippen LogP contribution in [0, 0.1) is 5.41 Å². The monoisotopic (exact) mass is 388 g/mol. The maximum Gasteiger partial charge on any atom is 0.243 e. The summed E-state index contributed by atoms with van der Waals surface area (Å²) in [4.78, 5) is 28.0. The molecule has 1 aliphatic heterocycles. The van der Waals surface area contributed by atoms with Crippen LogP contribution in [0.3, 0.4) is 0 Å². The molecule has 0 spiro atoms. The van der Waals surface area contributed by atoms with Crippen LogP contribution in [0.15, 0.2) is 30.3 Å². The van der Waals surface area contributed by atoms with Gasteiger partial charge >= 0.3 is 0 Å². The van der Waals surface area contributed by atoms with E-state index in [-0.39, 0.29) is 23.3 Å². The summed E-state index contributed by atoms with van der Waals surface area (Å²) >= 11 is 0. The third-order valence-corrected chi connectivity index (χ3v) is 5.95. The van der Waals surface area contributed by atoms with Crippen molar-refractivity contribution < 1.29 is 19.1 Å². The second-order valence-corrected chi connectivity index (χ2v) is 8.17. The third-order valence-electron chi connectivity index (χ3n) is 5.95. The Kier molecular flexibility index (Phi) is 6.94. The largest absolute Gasteiger partial charge is 0.488 e. The number of ether oxygens (including phenoxy) is 2. The molecule has 154 valence electrons. The molecular weight excluding hydrogens is 356 g/mol. The molecule has 2 aliphatic rings. The number of nitrogens with one attached hydrogen (secondary N) is 1. The van der Waals surface area contributed by atoms with Crippen LogP contribution in [0.25, 0.3) is 0 Å². The van der Waals surface area contributed by atoms with E-state index < -0.39 is 6.04 Å². The molecule has 1 aromatic carbocycles. The first-order valence-corrected chi connectivity index (χ1v) is 10.3. The number of carbonyl (C=O) groups is 2. The summed E-state index contributed by atoms with van der Waals surface area (Å²) in [7, 11) is 1.60. The van der Waals surface area contributed by atoms with Gasteiger partial charge in [0.2, 0.25) is 11.8 Å². The lowest BCUT2D eigenvalue weighted by Gasteiger charge is -2.37. The first-order valence-electron chi connectivity index (χ1n) is 10.3. The number of likely N-dealkylation sites (tertiary alicyclic amines) is 1. The molecule has 0 bridgehead atoms. The Balaban J connectivity index is 1.73. The molecule has 28 heavy (non-hydrogen) atoms. The SMILES string of the molecule is COCCNC(=O)[C@@H]1C[C@H](Oc2ccccc2)CN1C(=O)C1(C)CCCCC1. The Hall–Kier alpha value is -2.08. The summed E-state index contributed by atoms with van der Waals surface area (Å²) in [6.07, 6.45) is 5.45. The van der Waals surface area contributed by atoms with Gasteiger partial charge in [-0.05, 0) is 25.0 Å². The van der Waals surface area contributed by atoms with Crippen molar-refractivity contribution >= 4 is 11.8 Å². The van der Waals surface area contributed by atoms with Crippen molar-refractivity contribution in [3.8, 4) is 5.75 Å². The van der Waals surface area contributed by atoms with Crippen molar-refractivity contribution in [2.45, 2.75) is 57.6 Å². The van der Waals surface area contributed by atoms with Gasteiger partial charge in [-0.1, -0.05) is 44.4 Å². The van der Waals surface area contributed by atoms with Crippen molar-refractivity contribution in [2.24, 2.45) is 5.41 Å². The lowest BCUT2D eigenvalue weighted by Crippen LogP contribution is -2.51. The van der Waals surface area contributed by atoms with Gasteiger partial charge in [-0.2, -0.15) is 0 Å². The van der Waals surface area contributed by atoms with Crippen LogP contribution in [0.4, 0.5) is 0 Å². The van der Waals surface area contributed by atoms with E-state index in [2.05, 4.69) is 12.2 Å². The van der Waals surface area contributed by atoms with E-state index in [9.17, 15) is 9.59 Å². The molecule has 3 rings (SSSR count). The van der Waals surface area contributed by atoms with Gasteiger partial charge < -0.3 is 19.7 Å². The predicted octanol–water partition coefficient (Wildman–Crippen LogP) is 2.77.